The minimum absolute atomic E-state index is 0.0624. The van der Waals surface area contributed by atoms with Crippen LogP contribution in [0.4, 0.5) is 0 Å². The number of carbonyl (C=O) groups excluding carboxylic acids is 4. The zero-order chi connectivity index (χ0) is 12.6. The Kier molecular flexibility index (Phi) is 6.74. The number of hydrogen-bond acceptors (Lipinski definition) is 6. The maximum Gasteiger partial charge on any atom is 0.313 e. The molecular formula is C10H14O6. The predicted octanol–water partition coefficient (Wildman–Crippen LogP) is 0.726. The Morgan fingerprint density at radius 2 is 1.06 bits per heavy atom. The van der Waals surface area contributed by atoms with Crippen molar-refractivity contribution in [1.29, 1.82) is 0 Å². The molecule has 0 N–H and O–H groups in total. The Morgan fingerprint density at radius 3 is 1.31 bits per heavy atom. The van der Waals surface area contributed by atoms with Gasteiger partial charge in [-0.1, -0.05) is 0 Å². The van der Waals surface area contributed by atoms with Gasteiger partial charge in [0.25, 0.3) is 0 Å². The Hall–Kier alpha value is -1.72. The third-order valence-electron chi connectivity index (χ3n) is 1.53. The molecule has 90 valence electrons. The Morgan fingerprint density at radius 1 is 0.750 bits per heavy atom. The summed E-state index contributed by atoms with van der Waals surface area (Å²) in [4.78, 5) is 42.4. The molecule has 0 bridgehead atoms. The van der Waals surface area contributed by atoms with Crippen LogP contribution in [0.15, 0.2) is 0 Å². The van der Waals surface area contributed by atoms with Crippen molar-refractivity contribution in [2.45, 2.75) is 39.5 Å². The van der Waals surface area contributed by atoms with Crippen LogP contribution in [0.3, 0.4) is 0 Å². The van der Waals surface area contributed by atoms with E-state index in [1.807, 2.05) is 0 Å². The second-order valence-electron chi connectivity index (χ2n) is 3.14. The highest BCUT2D eigenvalue weighted by molar-refractivity contribution is 5.84. The fraction of sp³-hybridized carbons (Fsp3) is 0.600. The fourth-order valence-electron chi connectivity index (χ4n) is 0.961. The summed E-state index contributed by atoms with van der Waals surface area (Å²) in [5.41, 5.74) is 0. The molecule has 0 aliphatic heterocycles. The molecule has 0 heterocycles. The molecule has 0 aliphatic rings. The number of rotatable bonds is 5. The SMILES string of the molecule is CC(=O)OC(=O)CCCCC(=O)OC(C)=O. The Labute approximate surface area is 92.9 Å². The van der Waals surface area contributed by atoms with Gasteiger partial charge in [0.05, 0.1) is 0 Å². The van der Waals surface area contributed by atoms with Gasteiger partial charge in [0.2, 0.25) is 0 Å². The van der Waals surface area contributed by atoms with Crippen molar-refractivity contribution < 1.29 is 28.7 Å². The maximum atomic E-state index is 10.9. The first-order valence-corrected chi connectivity index (χ1v) is 4.84. The molecule has 0 fully saturated rings. The van der Waals surface area contributed by atoms with Gasteiger partial charge in [-0.3, -0.25) is 19.2 Å². The van der Waals surface area contributed by atoms with Gasteiger partial charge in [0.1, 0.15) is 0 Å². The van der Waals surface area contributed by atoms with E-state index in [0.717, 1.165) is 13.8 Å². The van der Waals surface area contributed by atoms with Crippen LogP contribution >= 0.6 is 0 Å². The standard InChI is InChI=1S/C10H14O6/c1-7(11)15-9(13)5-3-4-6-10(14)16-8(2)12/h3-6H2,1-2H3. The van der Waals surface area contributed by atoms with Crippen LogP contribution in [0.5, 0.6) is 0 Å². The smallest absolute Gasteiger partial charge is 0.313 e. The van der Waals surface area contributed by atoms with E-state index in [4.69, 9.17) is 0 Å². The van der Waals surface area contributed by atoms with Crippen LogP contribution in [-0.4, -0.2) is 23.9 Å². The molecule has 0 saturated heterocycles. The van der Waals surface area contributed by atoms with Crippen molar-refractivity contribution in [1.82, 2.24) is 0 Å². The molecule has 0 amide bonds. The summed E-state index contributed by atoms with van der Waals surface area (Å²) in [7, 11) is 0. The maximum absolute atomic E-state index is 10.9. The lowest BCUT2D eigenvalue weighted by molar-refractivity contribution is -0.160. The minimum Gasteiger partial charge on any atom is -0.393 e. The van der Waals surface area contributed by atoms with Gasteiger partial charge in [-0.05, 0) is 12.8 Å². The largest absolute Gasteiger partial charge is 0.393 e. The molecule has 0 aromatic carbocycles. The zero-order valence-electron chi connectivity index (χ0n) is 9.28. The summed E-state index contributed by atoms with van der Waals surface area (Å²) in [6.07, 6.45) is 0.929. The summed E-state index contributed by atoms with van der Waals surface area (Å²) < 4.78 is 8.55. The molecule has 0 saturated carbocycles. The number of hydrogen-bond donors (Lipinski definition) is 0. The van der Waals surface area contributed by atoms with Crippen molar-refractivity contribution in [3.8, 4) is 0 Å². The lowest BCUT2D eigenvalue weighted by atomic mass is 10.2. The van der Waals surface area contributed by atoms with Gasteiger partial charge in [0.15, 0.2) is 0 Å². The topological polar surface area (TPSA) is 86.7 Å². The third-order valence-corrected chi connectivity index (χ3v) is 1.53. The van der Waals surface area contributed by atoms with Gasteiger partial charge < -0.3 is 9.47 Å². The Balaban J connectivity index is 3.53. The summed E-state index contributed by atoms with van der Waals surface area (Å²) in [6, 6.07) is 0. The van der Waals surface area contributed by atoms with E-state index in [1.165, 1.54) is 0 Å². The molecular weight excluding hydrogens is 216 g/mol. The van der Waals surface area contributed by atoms with Crippen LogP contribution in [-0.2, 0) is 28.7 Å². The minimum atomic E-state index is -0.652. The highest BCUT2D eigenvalue weighted by Gasteiger charge is 2.08. The van der Waals surface area contributed by atoms with Crippen LogP contribution in [0.25, 0.3) is 0 Å². The van der Waals surface area contributed by atoms with Gasteiger partial charge in [-0.25, -0.2) is 0 Å². The van der Waals surface area contributed by atoms with E-state index < -0.39 is 23.9 Å². The number of unbranched alkanes of at least 4 members (excludes halogenated alkanes) is 1. The molecule has 0 atom stereocenters. The van der Waals surface area contributed by atoms with Crippen LogP contribution in [0, 0.1) is 0 Å². The fourth-order valence-corrected chi connectivity index (χ4v) is 0.961. The predicted molar refractivity (Wildman–Crippen MR) is 52.0 cm³/mol. The number of esters is 4. The molecule has 0 aromatic heterocycles. The molecule has 0 radical (unpaired) electrons. The van der Waals surface area contributed by atoms with Crippen molar-refractivity contribution in [3.05, 3.63) is 0 Å². The van der Waals surface area contributed by atoms with Gasteiger partial charge in [0, 0.05) is 26.7 Å². The molecule has 16 heavy (non-hydrogen) atoms. The summed E-state index contributed by atoms with van der Waals surface area (Å²) in [5.74, 6) is -2.54. The average molecular weight is 230 g/mol. The summed E-state index contributed by atoms with van der Waals surface area (Å²) in [5, 5.41) is 0. The second kappa shape index (κ2) is 7.56. The van der Waals surface area contributed by atoms with E-state index in [1.54, 1.807) is 0 Å². The second-order valence-corrected chi connectivity index (χ2v) is 3.14. The summed E-state index contributed by atoms with van der Waals surface area (Å²) in [6.45, 7) is 2.28. The molecule has 6 heteroatoms. The van der Waals surface area contributed by atoms with E-state index in [0.29, 0.717) is 12.8 Å². The zero-order valence-corrected chi connectivity index (χ0v) is 9.28. The first-order valence-electron chi connectivity index (χ1n) is 4.84. The van der Waals surface area contributed by atoms with Gasteiger partial charge in [-0.15, -0.1) is 0 Å². The molecule has 0 spiro atoms. The van der Waals surface area contributed by atoms with Gasteiger partial charge in [-0.2, -0.15) is 0 Å². The van der Waals surface area contributed by atoms with Crippen molar-refractivity contribution in [2.75, 3.05) is 0 Å². The monoisotopic (exact) mass is 230 g/mol. The van der Waals surface area contributed by atoms with Crippen LogP contribution in [0.1, 0.15) is 39.5 Å². The summed E-state index contributed by atoms with van der Waals surface area (Å²) >= 11 is 0. The average Bonchev–Trinajstić information content (AvgIpc) is 2.10. The molecule has 6 nitrogen and oxygen atoms in total. The van der Waals surface area contributed by atoms with Gasteiger partial charge >= 0.3 is 23.9 Å². The first-order chi connectivity index (χ1) is 7.41. The van der Waals surface area contributed by atoms with E-state index in [9.17, 15) is 19.2 Å². The van der Waals surface area contributed by atoms with Crippen molar-refractivity contribution in [3.63, 3.8) is 0 Å². The third kappa shape index (κ3) is 8.86. The van der Waals surface area contributed by atoms with Crippen LogP contribution in [0.2, 0.25) is 0 Å². The van der Waals surface area contributed by atoms with E-state index in [2.05, 4.69) is 9.47 Å². The molecule has 0 unspecified atom stereocenters. The lowest BCUT2D eigenvalue weighted by Crippen LogP contribution is -2.10. The molecule has 0 aromatic rings. The van der Waals surface area contributed by atoms with Crippen molar-refractivity contribution >= 4 is 23.9 Å². The molecule has 0 rings (SSSR count). The van der Waals surface area contributed by atoms with Crippen molar-refractivity contribution in [2.24, 2.45) is 0 Å². The quantitative estimate of drug-likeness (QED) is 0.393. The number of ether oxygens (including phenoxy) is 2. The Bertz CT molecular complexity index is 264. The number of carbonyl (C=O) groups is 4. The van der Waals surface area contributed by atoms with E-state index in [-0.39, 0.29) is 12.8 Å². The normalized spacial score (nSPS) is 9.38. The van der Waals surface area contributed by atoms with E-state index >= 15 is 0 Å². The highest BCUT2D eigenvalue weighted by Crippen LogP contribution is 2.03. The lowest BCUT2D eigenvalue weighted by Gasteiger charge is -2.00. The molecule has 0 aliphatic carbocycles. The van der Waals surface area contributed by atoms with Crippen LogP contribution < -0.4 is 0 Å². The highest BCUT2D eigenvalue weighted by atomic mass is 16.6. The first kappa shape index (κ1) is 14.3.